The van der Waals surface area contributed by atoms with Crippen LogP contribution in [0.5, 0.6) is 0 Å². The van der Waals surface area contributed by atoms with Crippen molar-refractivity contribution in [2.75, 3.05) is 11.4 Å². The van der Waals surface area contributed by atoms with Gasteiger partial charge in [-0.2, -0.15) is 0 Å². The molecular formula is C19H17N. The molecule has 0 radical (unpaired) electrons. The summed E-state index contributed by atoms with van der Waals surface area (Å²) in [7, 11) is 0. The molecule has 0 fully saturated rings. The molecule has 0 bridgehead atoms. The predicted octanol–water partition coefficient (Wildman–Crippen LogP) is 4.66. The van der Waals surface area contributed by atoms with Crippen molar-refractivity contribution < 1.29 is 0 Å². The average Bonchev–Trinajstić information content (AvgIpc) is 2.55. The van der Waals surface area contributed by atoms with Crippen LogP contribution in [0, 0.1) is 0 Å². The zero-order chi connectivity index (χ0) is 13.6. The molecule has 0 N–H and O–H groups in total. The van der Waals surface area contributed by atoms with Crippen LogP contribution in [0.15, 0.2) is 90.7 Å². The van der Waals surface area contributed by atoms with Gasteiger partial charge in [-0.3, -0.25) is 0 Å². The average molecular weight is 259 g/mol. The van der Waals surface area contributed by atoms with Gasteiger partial charge in [-0.25, -0.2) is 0 Å². The monoisotopic (exact) mass is 259 g/mol. The second kappa shape index (κ2) is 6.07. The van der Waals surface area contributed by atoms with Crippen molar-refractivity contribution in [2.24, 2.45) is 0 Å². The van der Waals surface area contributed by atoms with E-state index in [4.69, 9.17) is 0 Å². The second-order valence-electron chi connectivity index (χ2n) is 4.75. The lowest BCUT2D eigenvalue weighted by Crippen LogP contribution is -2.18. The Balaban J connectivity index is 1.67. The lowest BCUT2D eigenvalue weighted by molar-refractivity contribution is 1.06. The summed E-state index contributed by atoms with van der Waals surface area (Å²) in [6.07, 6.45) is 10.8. The maximum atomic E-state index is 2.24. The molecule has 0 spiro atoms. The molecule has 1 nitrogen and oxygen atoms in total. The molecule has 1 aliphatic heterocycles. The highest BCUT2D eigenvalue weighted by Gasteiger charge is 2.04. The molecule has 2 aromatic rings. The molecule has 0 unspecified atom stereocenters. The third-order valence-electron chi connectivity index (χ3n) is 3.33. The van der Waals surface area contributed by atoms with E-state index in [1.807, 2.05) is 12.1 Å². The highest BCUT2D eigenvalue weighted by atomic mass is 15.1. The van der Waals surface area contributed by atoms with E-state index in [1.165, 1.54) is 16.8 Å². The Kier molecular flexibility index (Phi) is 3.79. The number of hydrogen-bond donors (Lipinski definition) is 0. The molecule has 1 aliphatic rings. The summed E-state index contributed by atoms with van der Waals surface area (Å²) in [4.78, 5) is 2.24. The first-order valence-electron chi connectivity index (χ1n) is 6.85. The molecule has 1 heteroatoms. The van der Waals surface area contributed by atoms with E-state index in [-0.39, 0.29) is 0 Å². The second-order valence-corrected chi connectivity index (χ2v) is 4.75. The Labute approximate surface area is 120 Å². The summed E-state index contributed by atoms with van der Waals surface area (Å²) in [6, 6.07) is 20.8. The topological polar surface area (TPSA) is 3.24 Å². The molecular weight excluding hydrogens is 242 g/mol. The Bertz CT molecular complexity index is 636. The first-order chi connectivity index (χ1) is 9.92. The number of rotatable bonds is 3. The van der Waals surface area contributed by atoms with Gasteiger partial charge < -0.3 is 4.90 Å². The van der Waals surface area contributed by atoms with Gasteiger partial charge in [0.1, 0.15) is 0 Å². The maximum Gasteiger partial charge on any atom is 0.0414 e. The van der Waals surface area contributed by atoms with Crippen LogP contribution in [-0.4, -0.2) is 6.54 Å². The van der Waals surface area contributed by atoms with Gasteiger partial charge in [0.25, 0.3) is 0 Å². The predicted molar refractivity (Wildman–Crippen MR) is 86.5 cm³/mol. The molecule has 3 rings (SSSR count). The van der Waals surface area contributed by atoms with Crippen molar-refractivity contribution in [3.8, 4) is 0 Å². The number of benzene rings is 2. The number of hydrogen-bond acceptors (Lipinski definition) is 1. The molecule has 2 aromatic carbocycles. The summed E-state index contributed by atoms with van der Waals surface area (Å²) in [5.41, 5.74) is 3.71. The van der Waals surface area contributed by atoms with E-state index in [2.05, 4.69) is 83.9 Å². The molecule has 0 saturated heterocycles. The van der Waals surface area contributed by atoms with Crippen LogP contribution < -0.4 is 4.90 Å². The highest BCUT2D eigenvalue weighted by Crippen LogP contribution is 2.18. The minimum absolute atomic E-state index is 0.912. The first kappa shape index (κ1) is 12.5. The fourth-order valence-corrected chi connectivity index (χ4v) is 2.20. The summed E-state index contributed by atoms with van der Waals surface area (Å²) in [5.74, 6) is 0. The standard InChI is InChI=1S/C19H17N/c1-3-7-17(8-4-1)11-12-18-13-15-20(16-14-18)19-9-5-2-6-10-19/h1-15H,16H2. The van der Waals surface area contributed by atoms with Crippen LogP contribution in [0.25, 0.3) is 6.08 Å². The van der Waals surface area contributed by atoms with Crippen molar-refractivity contribution in [2.45, 2.75) is 0 Å². The number of para-hydroxylation sites is 1. The third kappa shape index (κ3) is 3.07. The smallest absolute Gasteiger partial charge is 0.0414 e. The van der Waals surface area contributed by atoms with Gasteiger partial charge in [0.15, 0.2) is 0 Å². The van der Waals surface area contributed by atoms with Gasteiger partial charge in [-0.15, -0.1) is 0 Å². The van der Waals surface area contributed by atoms with Crippen molar-refractivity contribution >= 4 is 11.8 Å². The van der Waals surface area contributed by atoms with Gasteiger partial charge in [-0.05, 0) is 29.3 Å². The summed E-state index contributed by atoms with van der Waals surface area (Å²) >= 11 is 0. The normalized spacial score (nSPS) is 14.6. The van der Waals surface area contributed by atoms with Gasteiger partial charge in [0, 0.05) is 18.4 Å². The summed E-state index contributed by atoms with van der Waals surface area (Å²) in [5, 5.41) is 0. The molecule has 0 saturated carbocycles. The zero-order valence-electron chi connectivity index (χ0n) is 11.3. The van der Waals surface area contributed by atoms with Crippen molar-refractivity contribution in [1.82, 2.24) is 0 Å². The third-order valence-corrected chi connectivity index (χ3v) is 3.33. The van der Waals surface area contributed by atoms with Gasteiger partial charge in [0.05, 0.1) is 0 Å². The zero-order valence-corrected chi connectivity index (χ0v) is 11.3. The number of nitrogens with zero attached hydrogens (tertiary/aromatic N) is 1. The van der Waals surface area contributed by atoms with Gasteiger partial charge in [-0.1, -0.05) is 66.8 Å². The van der Waals surface area contributed by atoms with E-state index >= 15 is 0 Å². The Hall–Kier alpha value is -2.54. The van der Waals surface area contributed by atoms with E-state index in [0.29, 0.717) is 0 Å². The number of anilines is 1. The quantitative estimate of drug-likeness (QED) is 0.775. The molecule has 0 amide bonds. The molecule has 98 valence electrons. The fraction of sp³-hybridized carbons (Fsp3) is 0.0526. The Morgan fingerprint density at radius 3 is 2.15 bits per heavy atom. The Morgan fingerprint density at radius 2 is 1.50 bits per heavy atom. The van der Waals surface area contributed by atoms with Crippen LogP contribution >= 0.6 is 0 Å². The van der Waals surface area contributed by atoms with E-state index in [9.17, 15) is 0 Å². The minimum Gasteiger partial charge on any atom is -0.344 e. The molecule has 20 heavy (non-hydrogen) atoms. The fourth-order valence-electron chi connectivity index (χ4n) is 2.20. The van der Waals surface area contributed by atoms with E-state index in [1.54, 1.807) is 0 Å². The van der Waals surface area contributed by atoms with Crippen molar-refractivity contribution in [1.29, 1.82) is 0 Å². The maximum absolute atomic E-state index is 2.24. The largest absolute Gasteiger partial charge is 0.344 e. The van der Waals surface area contributed by atoms with Crippen LogP contribution in [0.1, 0.15) is 5.56 Å². The summed E-state index contributed by atoms with van der Waals surface area (Å²) in [6.45, 7) is 0.912. The SMILES string of the molecule is C(=Cc1ccccc1)C1=CCN(c2ccccc2)C=C1. The highest BCUT2D eigenvalue weighted by molar-refractivity contribution is 5.58. The van der Waals surface area contributed by atoms with Gasteiger partial charge in [0.2, 0.25) is 0 Å². The summed E-state index contributed by atoms with van der Waals surface area (Å²) < 4.78 is 0. The molecule has 1 heterocycles. The first-order valence-corrected chi connectivity index (χ1v) is 6.85. The van der Waals surface area contributed by atoms with Crippen LogP contribution in [0.3, 0.4) is 0 Å². The van der Waals surface area contributed by atoms with Crippen LogP contribution in [-0.2, 0) is 0 Å². The molecule has 0 aliphatic carbocycles. The van der Waals surface area contributed by atoms with Crippen molar-refractivity contribution in [3.05, 3.63) is 96.2 Å². The lowest BCUT2D eigenvalue weighted by atomic mass is 10.1. The van der Waals surface area contributed by atoms with Crippen LogP contribution in [0.4, 0.5) is 5.69 Å². The Morgan fingerprint density at radius 1 is 0.800 bits per heavy atom. The van der Waals surface area contributed by atoms with E-state index in [0.717, 1.165) is 6.54 Å². The molecule has 0 atom stereocenters. The minimum atomic E-state index is 0.912. The number of allylic oxidation sites excluding steroid dienone is 3. The molecule has 0 aromatic heterocycles. The van der Waals surface area contributed by atoms with Crippen LogP contribution in [0.2, 0.25) is 0 Å². The van der Waals surface area contributed by atoms with Gasteiger partial charge >= 0.3 is 0 Å². The lowest BCUT2D eigenvalue weighted by Gasteiger charge is -2.22. The van der Waals surface area contributed by atoms with E-state index < -0.39 is 0 Å². The van der Waals surface area contributed by atoms with Crippen molar-refractivity contribution in [3.63, 3.8) is 0 Å².